The number of rotatable bonds is 5. The second-order valence-electron chi connectivity index (χ2n) is 6.67. The molecule has 0 aromatic heterocycles. The molecule has 0 bridgehead atoms. The number of hydrogen-bond acceptors (Lipinski definition) is 3. The van der Waals surface area contributed by atoms with Crippen molar-refractivity contribution in [3.63, 3.8) is 0 Å². The van der Waals surface area contributed by atoms with Gasteiger partial charge in [0.2, 0.25) is 0 Å². The molecule has 3 rings (SSSR count). The van der Waals surface area contributed by atoms with E-state index in [4.69, 9.17) is 4.74 Å². The average molecular weight is 353 g/mol. The predicted octanol–water partition coefficient (Wildman–Crippen LogP) is 2.87. The van der Waals surface area contributed by atoms with E-state index < -0.39 is 6.61 Å². The summed E-state index contributed by atoms with van der Waals surface area (Å²) < 4.78 is 34.7. The Morgan fingerprint density at radius 3 is 3.04 bits per heavy atom. The van der Waals surface area contributed by atoms with Crippen LogP contribution in [0.5, 0.6) is 5.75 Å². The van der Waals surface area contributed by atoms with Crippen molar-refractivity contribution >= 4 is 5.96 Å². The van der Waals surface area contributed by atoms with E-state index in [-0.39, 0.29) is 11.2 Å². The smallest absolute Gasteiger partial charge is 0.387 e. The predicted molar refractivity (Wildman–Crippen MR) is 91.9 cm³/mol. The van der Waals surface area contributed by atoms with Crippen LogP contribution in [0.15, 0.2) is 29.3 Å². The van der Waals surface area contributed by atoms with E-state index in [0.717, 1.165) is 57.2 Å². The molecule has 1 atom stereocenters. The summed E-state index contributed by atoms with van der Waals surface area (Å²) in [5.41, 5.74) is 1.10. The van der Waals surface area contributed by atoms with Crippen molar-refractivity contribution in [2.45, 2.75) is 32.9 Å². The maximum absolute atomic E-state index is 12.3. The van der Waals surface area contributed by atoms with Crippen molar-refractivity contribution in [1.82, 2.24) is 10.2 Å². The molecule has 25 heavy (non-hydrogen) atoms. The van der Waals surface area contributed by atoms with E-state index in [9.17, 15) is 8.78 Å². The molecule has 2 aliphatic rings. The summed E-state index contributed by atoms with van der Waals surface area (Å²) in [6.45, 7) is 4.02. The van der Waals surface area contributed by atoms with Crippen molar-refractivity contribution < 1.29 is 18.3 Å². The van der Waals surface area contributed by atoms with Gasteiger partial charge in [-0.15, -0.1) is 0 Å². The number of guanidine groups is 1. The van der Waals surface area contributed by atoms with Gasteiger partial charge in [-0.3, -0.25) is 0 Å². The highest BCUT2D eigenvalue weighted by molar-refractivity contribution is 5.80. The van der Waals surface area contributed by atoms with Crippen molar-refractivity contribution in [1.29, 1.82) is 0 Å². The van der Waals surface area contributed by atoms with Crippen LogP contribution in [0, 0.1) is 5.41 Å². The standard InChI is InChI=1S/C18H25F2N3O2/c1-2-21-17(23-8-6-18(12-23)7-9-24-13-18)22-11-14-4-3-5-15(10-14)25-16(19)20/h3-5,10,16H,2,6-9,11-13H2,1H3,(H,21,22). The van der Waals surface area contributed by atoms with Crippen LogP contribution in [-0.4, -0.2) is 50.3 Å². The highest BCUT2D eigenvalue weighted by atomic mass is 19.3. The topological polar surface area (TPSA) is 46.1 Å². The van der Waals surface area contributed by atoms with E-state index in [1.54, 1.807) is 12.1 Å². The van der Waals surface area contributed by atoms with Crippen LogP contribution < -0.4 is 10.1 Å². The van der Waals surface area contributed by atoms with E-state index >= 15 is 0 Å². The summed E-state index contributed by atoms with van der Waals surface area (Å²) >= 11 is 0. The molecule has 1 N–H and O–H groups in total. The van der Waals surface area contributed by atoms with Gasteiger partial charge >= 0.3 is 6.61 Å². The van der Waals surface area contributed by atoms with Crippen LogP contribution in [0.25, 0.3) is 0 Å². The van der Waals surface area contributed by atoms with Crippen molar-refractivity contribution in [2.75, 3.05) is 32.8 Å². The summed E-state index contributed by atoms with van der Waals surface area (Å²) in [5, 5.41) is 3.33. The first-order valence-corrected chi connectivity index (χ1v) is 8.75. The lowest BCUT2D eigenvalue weighted by Crippen LogP contribution is -2.41. The summed E-state index contributed by atoms with van der Waals surface area (Å²) in [5.74, 6) is 1.03. The van der Waals surface area contributed by atoms with Crippen LogP contribution in [0.3, 0.4) is 0 Å². The second-order valence-corrected chi connectivity index (χ2v) is 6.67. The van der Waals surface area contributed by atoms with Gasteiger partial charge in [0.1, 0.15) is 5.75 Å². The molecule has 5 nitrogen and oxygen atoms in total. The average Bonchev–Trinajstić information content (AvgIpc) is 3.21. The Balaban J connectivity index is 1.66. The maximum atomic E-state index is 12.3. The lowest BCUT2D eigenvalue weighted by molar-refractivity contribution is -0.0498. The zero-order chi connectivity index (χ0) is 17.7. The third-order valence-electron chi connectivity index (χ3n) is 4.79. The van der Waals surface area contributed by atoms with Crippen molar-refractivity contribution in [3.8, 4) is 5.75 Å². The lowest BCUT2D eigenvalue weighted by Gasteiger charge is -2.25. The first-order chi connectivity index (χ1) is 12.1. The second kappa shape index (κ2) is 7.99. The Morgan fingerprint density at radius 1 is 1.44 bits per heavy atom. The Morgan fingerprint density at radius 2 is 2.32 bits per heavy atom. The minimum atomic E-state index is -2.81. The molecule has 2 fully saturated rings. The Hall–Kier alpha value is -1.89. The normalized spacial score (nSPS) is 23.7. The van der Waals surface area contributed by atoms with E-state index in [2.05, 4.69) is 19.9 Å². The SMILES string of the molecule is CCNC(=NCc1cccc(OC(F)F)c1)N1CCC2(CCOC2)C1. The molecule has 1 aromatic rings. The molecule has 1 aromatic carbocycles. The van der Waals surface area contributed by atoms with Gasteiger partial charge in [-0.1, -0.05) is 12.1 Å². The summed E-state index contributed by atoms with van der Waals surface area (Å²) in [6, 6.07) is 6.70. The number of nitrogens with one attached hydrogen (secondary N) is 1. The van der Waals surface area contributed by atoms with Crippen molar-refractivity contribution in [2.24, 2.45) is 10.4 Å². The van der Waals surface area contributed by atoms with Crippen LogP contribution >= 0.6 is 0 Å². The molecule has 2 aliphatic heterocycles. The summed E-state index contributed by atoms with van der Waals surface area (Å²) in [7, 11) is 0. The third kappa shape index (κ3) is 4.60. The monoisotopic (exact) mass is 353 g/mol. The number of hydrogen-bond donors (Lipinski definition) is 1. The molecule has 7 heteroatoms. The number of aliphatic imine (C=N–C) groups is 1. The highest BCUT2D eigenvalue weighted by Gasteiger charge is 2.42. The lowest BCUT2D eigenvalue weighted by atomic mass is 9.87. The number of benzene rings is 1. The van der Waals surface area contributed by atoms with Gasteiger partial charge in [-0.05, 0) is 37.5 Å². The fourth-order valence-corrected chi connectivity index (χ4v) is 3.50. The molecule has 1 spiro atoms. The van der Waals surface area contributed by atoms with Crippen LogP contribution in [-0.2, 0) is 11.3 Å². The highest BCUT2D eigenvalue weighted by Crippen LogP contribution is 2.38. The first kappa shape index (κ1) is 17.9. The minimum absolute atomic E-state index is 0.163. The molecule has 0 aliphatic carbocycles. The molecule has 2 heterocycles. The number of halogens is 2. The summed E-state index contributed by atoms with van der Waals surface area (Å²) in [4.78, 5) is 6.96. The minimum Gasteiger partial charge on any atom is -0.435 e. The summed E-state index contributed by atoms with van der Waals surface area (Å²) in [6.07, 6.45) is 2.23. The number of alkyl halides is 2. The third-order valence-corrected chi connectivity index (χ3v) is 4.79. The molecular weight excluding hydrogens is 328 g/mol. The number of nitrogens with zero attached hydrogens (tertiary/aromatic N) is 2. The first-order valence-electron chi connectivity index (χ1n) is 8.75. The molecule has 0 radical (unpaired) electrons. The molecule has 0 saturated carbocycles. The van der Waals surface area contributed by atoms with Crippen LogP contribution in [0.2, 0.25) is 0 Å². The van der Waals surface area contributed by atoms with E-state index in [1.165, 1.54) is 6.07 Å². The fraction of sp³-hybridized carbons (Fsp3) is 0.611. The zero-order valence-corrected chi connectivity index (χ0v) is 14.5. The van der Waals surface area contributed by atoms with Gasteiger partial charge in [-0.25, -0.2) is 4.99 Å². The number of likely N-dealkylation sites (tertiary alicyclic amines) is 1. The van der Waals surface area contributed by atoms with Crippen LogP contribution in [0.4, 0.5) is 8.78 Å². The van der Waals surface area contributed by atoms with Crippen LogP contribution in [0.1, 0.15) is 25.3 Å². The quantitative estimate of drug-likeness (QED) is 0.653. The molecule has 138 valence electrons. The largest absolute Gasteiger partial charge is 0.435 e. The zero-order valence-electron chi connectivity index (χ0n) is 14.5. The Labute approximate surface area is 147 Å². The fourth-order valence-electron chi connectivity index (χ4n) is 3.50. The van der Waals surface area contributed by atoms with E-state index in [1.807, 2.05) is 13.0 Å². The van der Waals surface area contributed by atoms with Gasteiger partial charge in [0.15, 0.2) is 5.96 Å². The molecule has 1 unspecified atom stereocenters. The van der Waals surface area contributed by atoms with Crippen molar-refractivity contribution in [3.05, 3.63) is 29.8 Å². The molecular formula is C18H25F2N3O2. The van der Waals surface area contributed by atoms with Gasteiger partial charge in [0.25, 0.3) is 0 Å². The molecule has 0 amide bonds. The van der Waals surface area contributed by atoms with Gasteiger partial charge in [-0.2, -0.15) is 8.78 Å². The maximum Gasteiger partial charge on any atom is 0.387 e. The number of ether oxygens (including phenoxy) is 2. The molecule has 2 saturated heterocycles. The van der Waals surface area contributed by atoms with Gasteiger partial charge in [0.05, 0.1) is 13.2 Å². The Bertz CT molecular complexity index is 604. The van der Waals surface area contributed by atoms with Gasteiger partial charge in [0, 0.05) is 31.7 Å². The Kier molecular flexibility index (Phi) is 5.73. The van der Waals surface area contributed by atoms with E-state index in [0.29, 0.717) is 6.54 Å². The van der Waals surface area contributed by atoms with Gasteiger partial charge < -0.3 is 19.7 Å².